The van der Waals surface area contributed by atoms with Crippen molar-refractivity contribution in [2.24, 2.45) is 0 Å². The van der Waals surface area contributed by atoms with Gasteiger partial charge < -0.3 is 9.80 Å². The molecule has 2 heterocycles. The number of amides is 1. The lowest BCUT2D eigenvalue weighted by molar-refractivity contribution is -0.137. The second kappa shape index (κ2) is 11.1. The Morgan fingerprint density at radius 3 is 2.38 bits per heavy atom. The fraction of sp³-hybridized carbons (Fsp3) is 0.250. The van der Waals surface area contributed by atoms with Crippen LogP contribution in [-0.4, -0.2) is 51.8 Å². The van der Waals surface area contributed by atoms with Gasteiger partial charge in [0.2, 0.25) is 0 Å². The third-order valence-electron chi connectivity index (χ3n) is 6.59. The van der Waals surface area contributed by atoms with Crippen molar-refractivity contribution in [2.45, 2.75) is 24.0 Å². The Hall–Kier alpha value is -3.86. The van der Waals surface area contributed by atoms with Gasteiger partial charge in [-0.3, -0.25) is 9.36 Å². The standard InChI is InChI=1S/C28H25F4N5OS/c1-19-33-34-27(37(19)22-9-6-8-21(17-22)28(30,31)32)39-18-20-7-2-3-10-23(20)26(38)36-15-13-35(14-16-36)25-12-5-4-11-24(25)29/h2-12,17H,13-16,18H2,1H3. The summed E-state index contributed by atoms with van der Waals surface area (Å²) >= 11 is 1.29. The maximum atomic E-state index is 14.2. The van der Waals surface area contributed by atoms with Crippen molar-refractivity contribution in [1.82, 2.24) is 19.7 Å². The number of hydrogen-bond donors (Lipinski definition) is 0. The SMILES string of the molecule is Cc1nnc(SCc2ccccc2C(=O)N2CCN(c3ccccc3F)CC2)n1-c1cccc(C(F)(F)F)c1. The summed E-state index contributed by atoms with van der Waals surface area (Å²) in [6.07, 6.45) is -4.47. The molecule has 1 aliphatic heterocycles. The number of rotatable bonds is 6. The molecule has 0 spiro atoms. The van der Waals surface area contributed by atoms with Gasteiger partial charge in [0.15, 0.2) is 5.16 Å². The number of aryl methyl sites for hydroxylation is 1. The Balaban J connectivity index is 1.30. The van der Waals surface area contributed by atoms with Gasteiger partial charge in [-0.2, -0.15) is 13.2 Å². The first kappa shape index (κ1) is 26.7. The summed E-state index contributed by atoms with van der Waals surface area (Å²) in [5.74, 6) is 0.422. The molecule has 1 aromatic heterocycles. The fourth-order valence-corrected chi connectivity index (χ4v) is 5.58. The number of para-hydroxylation sites is 1. The molecule has 39 heavy (non-hydrogen) atoms. The minimum absolute atomic E-state index is 0.116. The van der Waals surface area contributed by atoms with E-state index in [1.165, 1.54) is 23.9 Å². The van der Waals surface area contributed by atoms with Crippen molar-refractivity contribution in [2.75, 3.05) is 31.1 Å². The third-order valence-corrected chi connectivity index (χ3v) is 7.57. The largest absolute Gasteiger partial charge is 0.416 e. The molecule has 0 bridgehead atoms. The van der Waals surface area contributed by atoms with E-state index in [9.17, 15) is 22.4 Å². The van der Waals surface area contributed by atoms with Crippen molar-refractivity contribution < 1.29 is 22.4 Å². The topological polar surface area (TPSA) is 54.3 Å². The zero-order valence-electron chi connectivity index (χ0n) is 21.0. The maximum Gasteiger partial charge on any atom is 0.416 e. The Morgan fingerprint density at radius 2 is 1.64 bits per heavy atom. The summed E-state index contributed by atoms with van der Waals surface area (Å²) in [6, 6.07) is 18.9. The second-order valence-corrected chi connectivity index (χ2v) is 10.0. The Labute approximate surface area is 227 Å². The molecule has 1 aliphatic rings. The number of aromatic nitrogens is 3. The molecule has 4 aromatic rings. The van der Waals surface area contributed by atoms with Crippen LogP contribution in [0.15, 0.2) is 78.0 Å². The fourth-order valence-electron chi connectivity index (χ4n) is 4.58. The summed E-state index contributed by atoms with van der Waals surface area (Å²) in [5, 5.41) is 8.67. The molecule has 0 atom stereocenters. The van der Waals surface area contributed by atoms with Crippen molar-refractivity contribution in [3.05, 3.63) is 101 Å². The van der Waals surface area contributed by atoms with Crippen molar-refractivity contribution in [1.29, 1.82) is 0 Å². The number of halogens is 4. The molecular formula is C28H25F4N5OS. The van der Waals surface area contributed by atoms with Gasteiger partial charge >= 0.3 is 6.18 Å². The van der Waals surface area contributed by atoms with Crippen LogP contribution in [0.2, 0.25) is 0 Å². The third kappa shape index (κ3) is 5.78. The lowest BCUT2D eigenvalue weighted by Crippen LogP contribution is -2.49. The van der Waals surface area contributed by atoms with E-state index in [0.29, 0.717) is 59.9 Å². The van der Waals surface area contributed by atoms with Crippen molar-refractivity contribution >= 4 is 23.4 Å². The number of anilines is 1. The highest BCUT2D eigenvalue weighted by atomic mass is 32.2. The summed E-state index contributed by atoms with van der Waals surface area (Å²) in [7, 11) is 0. The zero-order valence-corrected chi connectivity index (χ0v) is 21.8. The van der Waals surface area contributed by atoms with Gasteiger partial charge in [-0.25, -0.2) is 4.39 Å². The quantitative estimate of drug-likeness (QED) is 0.216. The van der Waals surface area contributed by atoms with E-state index < -0.39 is 11.7 Å². The van der Waals surface area contributed by atoms with Gasteiger partial charge in [-0.05, 0) is 48.9 Å². The first-order valence-electron chi connectivity index (χ1n) is 12.3. The smallest absolute Gasteiger partial charge is 0.366 e. The average Bonchev–Trinajstić information content (AvgIpc) is 3.31. The van der Waals surface area contributed by atoms with E-state index in [1.54, 1.807) is 52.8 Å². The van der Waals surface area contributed by atoms with Gasteiger partial charge in [-0.1, -0.05) is 48.2 Å². The number of hydrogen-bond acceptors (Lipinski definition) is 5. The van der Waals surface area contributed by atoms with Gasteiger partial charge in [0.05, 0.1) is 11.3 Å². The molecule has 1 amide bonds. The molecule has 0 N–H and O–H groups in total. The highest BCUT2D eigenvalue weighted by Gasteiger charge is 2.31. The number of thioether (sulfide) groups is 1. The van der Waals surface area contributed by atoms with Crippen LogP contribution in [-0.2, 0) is 11.9 Å². The van der Waals surface area contributed by atoms with Crippen LogP contribution in [0.1, 0.15) is 27.3 Å². The van der Waals surface area contributed by atoms with E-state index in [-0.39, 0.29) is 11.7 Å². The van der Waals surface area contributed by atoms with Gasteiger partial charge in [-0.15, -0.1) is 10.2 Å². The summed E-state index contributed by atoms with van der Waals surface area (Å²) in [4.78, 5) is 17.1. The van der Waals surface area contributed by atoms with E-state index >= 15 is 0 Å². The van der Waals surface area contributed by atoms with E-state index in [2.05, 4.69) is 10.2 Å². The van der Waals surface area contributed by atoms with E-state index in [1.807, 2.05) is 17.0 Å². The molecular weight excluding hydrogens is 530 g/mol. The van der Waals surface area contributed by atoms with Crippen LogP contribution in [0.25, 0.3) is 5.69 Å². The van der Waals surface area contributed by atoms with Crippen LogP contribution in [0, 0.1) is 12.7 Å². The highest BCUT2D eigenvalue weighted by molar-refractivity contribution is 7.98. The van der Waals surface area contributed by atoms with Crippen LogP contribution in [0.4, 0.5) is 23.2 Å². The lowest BCUT2D eigenvalue weighted by Gasteiger charge is -2.36. The van der Waals surface area contributed by atoms with E-state index in [0.717, 1.165) is 17.7 Å². The van der Waals surface area contributed by atoms with Gasteiger partial charge in [0, 0.05) is 43.2 Å². The Bertz CT molecular complexity index is 1480. The van der Waals surface area contributed by atoms with Gasteiger partial charge in [0.1, 0.15) is 11.6 Å². The van der Waals surface area contributed by atoms with Crippen molar-refractivity contribution in [3.63, 3.8) is 0 Å². The number of nitrogens with zero attached hydrogens (tertiary/aromatic N) is 5. The van der Waals surface area contributed by atoms with Gasteiger partial charge in [0.25, 0.3) is 5.91 Å². The first-order valence-corrected chi connectivity index (χ1v) is 13.3. The number of carbonyl (C=O) groups excluding carboxylic acids is 1. The monoisotopic (exact) mass is 555 g/mol. The Kier molecular flexibility index (Phi) is 7.60. The van der Waals surface area contributed by atoms with Crippen LogP contribution >= 0.6 is 11.8 Å². The lowest BCUT2D eigenvalue weighted by atomic mass is 10.1. The minimum Gasteiger partial charge on any atom is -0.366 e. The Morgan fingerprint density at radius 1 is 0.923 bits per heavy atom. The molecule has 0 radical (unpaired) electrons. The average molecular weight is 556 g/mol. The van der Waals surface area contributed by atoms with E-state index in [4.69, 9.17) is 0 Å². The molecule has 3 aromatic carbocycles. The molecule has 1 saturated heterocycles. The number of alkyl halides is 3. The predicted octanol–water partition coefficient (Wildman–Crippen LogP) is 5.99. The molecule has 0 saturated carbocycles. The number of benzene rings is 3. The number of piperazine rings is 1. The molecule has 6 nitrogen and oxygen atoms in total. The molecule has 11 heteroatoms. The maximum absolute atomic E-state index is 14.2. The van der Waals surface area contributed by atoms with Crippen molar-refractivity contribution in [3.8, 4) is 5.69 Å². The van der Waals surface area contributed by atoms with Crippen LogP contribution in [0.5, 0.6) is 0 Å². The highest BCUT2D eigenvalue weighted by Crippen LogP contribution is 2.32. The second-order valence-electron chi connectivity index (χ2n) is 9.09. The number of carbonyl (C=O) groups is 1. The summed E-state index contributed by atoms with van der Waals surface area (Å²) in [5.41, 5.74) is 1.41. The first-order chi connectivity index (χ1) is 18.7. The molecule has 0 aliphatic carbocycles. The zero-order chi connectivity index (χ0) is 27.6. The van der Waals surface area contributed by atoms with Crippen LogP contribution in [0.3, 0.4) is 0 Å². The molecule has 1 fully saturated rings. The summed E-state index contributed by atoms with van der Waals surface area (Å²) in [6.45, 7) is 3.62. The minimum atomic E-state index is -4.47. The molecule has 5 rings (SSSR count). The molecule has 202 valence electrons. The van der Waals surface area contributed by atoms with Crippen LogP contribution < -0.4 is 4.90 Å². The molecule has 0 unspecified atom stereocenters. The summed E-state index contributed by atoms with van der Waals surface area (Å²) < 4.78 is 55.6. The predicted molar refractivity (Wildman–Crippen MR) is 142 cm³/mol. The normalized spacial score (nSPS) is 14.1.